The van der Waals surface area contributed by atoms with Crippen LogP contribution < -0.4 is 10.1 Å². The summed E-state index contributed by atoms with van der Waals surface area (Å²) in [6, 6.07) is 21.4. The van der Waals surface area contributed by atoms with Crippen molar-refractivity contribution in [3.05, 3.63) is 96.3 Å². The first-order chi connectivity index (χ1) is 18.6. The van der Waals surface area contributed by atoms with Crippen molar-refractivity contribution in [3.63, 3.8) is 0 Å². The summed E-state index contributed by atoms with van der Waals surface area (Å²) < 4.78 is 22.2. The molecule has 1 aliphatic rings. The number of para-hydroxylation sites is 2. The fourth-order valence-corrected chi connectivity index (χ4v) is 4.76. The number of carbonyl (C=O) groups excluding carboxylic acids is 1. The summed E-state index contributed by atoms with van der Waals surface area (Å²) in [5, 5.41) is 12.9. The van der Waals surface area contributed by atoms with Gasteiger partial charge >= 0.3 is 0 Å². The average molecular weight is 509 g/mol. The molecule has 0 atom stereocenters. The molecule has 1 saturated carbocycles. The summed E-state index contributed by atoms with van der Waals surface area (Å²) in [4.78, 5) is 21.8. The van der Waals surface area contributed by atoms with Gasteiger partial charge in [0.15, 0.2) is 5.82 Å². The summed E-state index contributed by atoms with van der Waals surface area (Å²) in [5.41, 5.74) is 2.07. The summed E-state index contributed by atoms with van der Waals surface area (Å²) >= 11 is 0. The number of rotatable bonds is 7. The highest BCUT2D eigenvalue weighted by atomic mass is 19.1. The van der Waals surface area contributed by atoms with E-state index >= 15 is 0 Å². The Hall–Kier alpha value is -4.66. The fourth-order valence-electron chi connectivity index (χ4n) is 4.76. The Bertz CT molecular complexity index is 1610. The molecule has 0 aliphatic heterocycles. The lowest BCUT2D eigenvalue weighted by Gasteiger charge is -2.35. The summed E-state index contributed by atoms with van der Waals surface area (Å²) in [6.07, 6.45) is 2.93. The number of hydrogen-bond donors (Lipinski definition) is 1. The zero-order valence-corrected chi connectivity index (χ0v) is 20.7. The van der Waals surface area contributed by atoms with Crippen LogP contribution >= 0.6 is 0 Å². The molecule has 1 amide bonds. The molecule has 190 valence electrons. The van der Waals surface area contributed by atoms with Crippen LogP contribution in [0.3, 0.4) is 0 Å². The molecule has 0 saturated heterocycles. The molecule has 0 radical (unpaired) electrons. The van der Waals surface area contributed by atoms with E-state index in [-0.39, 0.29) is 23.7 Å². The molecule has 0 spiro atoms. The number of aromatic nitrogens is 5. The van der Waals surface area contributed by atoms with Gasteiger partial charge in [-0.2, -0.15) is 0 Å². The lowest BCUT2D eigenvalue weighted by atomic mass is 9.79. The number of pyridine rings is 2. The second-order valence-corrected chi connectivity index (χ2v) is 9.21. The topological polar surface area (TPSA) is 94.8 Å². The standard InChI is InChI=1S/C29H25FN6O2/c1-2-38-21-12-14-24(31-17-21)28-35-34-27(36(28)26-10-6-4-8-22(26)30)19-15-20(16-19)32-29(37)25-13-11-18-7-3-5-9-23(18)33-25/h3-14,17,19-20H,2,15-16H2,1H3,(H,32,37). The summed E-state index contributed by atoms with van der Waals surface area (Å²) in [5.74, 6) is 1.12. The molecule has 1 aliphatic carbocycles. The van der Waals surface area contributed by atoms with Crippen molar-refractivity contribution in [2.45, 2.75) is 31.7 Å². The quantitative estimate of drug-likeness (QED) is 0.329. The molecule has 9 heteroatoms. The van der Waals surface area contributed by atoms with E-state index in [0.29, 0.717) is 53.9 Å². The van der Waals surface area contributed by atoms with Crippen molar-refractivity contribution in [1.29, 1.82) is 0 Å². The number of halogens is 1. The van der Waals surface area contributed by atoms with Crippen molar-refractivity contribution in [2.24, 2.45) is 0 Å². The number of nitrogens with zero attached hydrogens (tertiary/aromatic N) is 5. The minimum atomic E-state index is -0.382. The van der Waals surface area contributed by atoms with Gasteiger partial charge in [0, 0.05) is 17.3 Å². The maximum Gasteiger partial charge on any atom is 0.270 e. The number of fused-ring (bicyclic) bond motifs is 1. The fraction of sp³-hybridized carbons (Fsp3) is 0.207. The Morgan fingerprint density at radius 2 is 1.84 bits per heavy atom. The van der Waals surface area contributed by atoms with Crippen LogP contribution in [0.2, 0.25) is 0 Å². The van der Waals surface area contributed by atoms with E-state index in [4.69, 9.17) is 4.74 Å². The van der Waals surface area contributed by atoms with Gasteiger partial charge in [-0.1, -0.05) is 36.4 Å². The molecule has 0 bridgehead atoms. The smallest absolute Gasteiger partial charge is 0.270 e. The maximum atomic E-state index is 14.9. The van der Waals surface area contributed by atoms with Crippen molar-refractivity contribution in [1.82, 2.24) is 30.0 Å². The number of hydrogen-bond acceptors (Lipinski definition) is 6. The monoisotopic (exact) mass is 508 g/mol. The van der Waals surface area contributed by atoms with Crippen LogP contribution in [0.4, 0.5) is 4.39 Å². The zero-order valence-electron chi connectivity index (χ0n) is 20.7. The van der Waals surface area contributed by atoms with E-state index < -0.39 is 0 Å². The Kier molecular flexibility index (Phi) is 6.25. The number of carbonyl (C=O) groups is 1. The number of benzene rings is 2. The first-order valence-corrected chi connectivity index (χ1v) is 12.6. The van der Waals surface area contributed by atoms with Gasteiger partial charge in [0.05, 0.1) is 24.0 Å². The van der Waals surface area contributed by atoms with Gasteiger partial charge in [-0.25, -0.2) is 14.4 Å². The van der Waals surface area contributed by atoms with E-state index in [1.54, 1.807) is 41.1 Å². The molecule has 8 nitrogen and oxygen atoms in total. The molecule has 1 fully saturated rings. The molecule has 6 rings (SSSR count). The largest absolute Gasteiger partial charge is 0.492 e. The average Bonchev–Trinajstić information content (AvgIpc) is 3.35. The highest BCUT2D eigenvalue weighted by Crippen LogP contribution is 2.39. The zero-order chi connectivity index (χ0) is 26.1. The molecule has 38 heavy (non-hydrogen) atoms. The van der Waals surface area contributed by atoms with Crippen LogP contribution in [-0.4, -0.2) is 43.3 Å². The van der Waals surface area contributed by atoms with E-state index in [1.807, 2.05) is 43.3 Å². The second kappa shape index (κ2) is 10.0. The van der Waals surface area contributed by atoms with Gasteiger partial charge in [-0.15, -0.1) is 10.2 Å². The van der Waals surface area contributed by atoms with Gasteiger partial charge in [-0.05, 0) is 56.2 Å². The molecular weight excluding hydrogens is 483 g/mol. The van der Waals surface area contributed by atoms with E-state index in [0.717, 1.165) is 10.9 Å². The summed E-state index contributed by atoms with van der Waals surface area (Å²) in [6.45, 7) is 2.44. The molecule has 0 unspecified atom stereocenters. The number of ether oxygens (including phenoxy) is 1. The second-order valence-electron chi connectivity index (χ2n) is 9.21. The predicted octanol–water partition coefficient (Wildman–Crippen LogP) is 5.09. The molecular formula is C29H25FN6O2. The van der Waals surface area contributed by atoms with Crippen LogP contribution in [0, 0.1) is 5.82 Å². The highest BCUT2D eigenvalue weighted by Gasteiger charge is 2.36. The molecule has 2 aromatic carbocycles. The molecule has 1 N–H and O–H groups in total. The molecule has 3 aromatic heterocycles. The van der Waals surface area contributed by atoms with Gasteiger partial charge in [0.1, 0.15) is 28.8 Å². The Labute approximate surface area is 218 Å². The minimum absolute atomic E-state index is 0.00610. The molecule has 5 aromatic rings. The van der Waals surface area contributed by atoms with Crippen molar-refractivity contribution >= 4 is 16.8 Å². The lowest BCUT2D eigenvalue weighted by molar-refractivity contribution is 0.0902. The van der Waals surface area contributed by atoms with Gasteiger partial charge < -0.3 is 10.1 Å². The van der Waals surface area contributed by atoms with Crippen LogP contribution in [0.5, 0.6) is 5.75 Å². The third-order valence-electron chi connectivity index (χ3n) is 6.73. The summed E-state index contributed by atoms with van der Waals surface area (Å²) in [7, 11) is 0. The van der Waals surface area contributed by atoms with E-state index in [1.165, 1.54) is 6.07 Å². The van der Waals surface area contributed by atoms with Gasteiger partial charge in [-0.3, -0.25) is 9.36 Å². The third kappa shape index (κ3) is 4.47. The normalized spacial score (nSPS) is 16.7. The highest BCUT2D eigenvalue weighted by molar-refractivity contribution is 5.95. The van der Waals surface area contributed by atoms with Gasteiger partial charge in [0.2, 0.25) is 0 Å². The first-order valence-electron chi connectivity index (χ1n) is 12.6. The van der Waals surface area contributed by atoms with Crippen molar-refractivity contribution < 1.29 is 13.9 Å². The Morgan fingerprint density at radius 1 is 1.03 bits per heavy atom. The van der Waals surface area contributed by atoms with Crippen LogP contribution in [0.1, 0.15) is 42.0 Å². The Morgan fingerprint density at radius 3 is 2.63 bits per heavy atom. The molecule has 3 heterocycles. The van der Waals surface area contributed by atoms with Crippen molar-refractivity contribution in [2.75, 3.05) is 6.61 Å². The number of nitrogens with one attached hydrogen (secondary N) is 1. The van der Waals surface area contributed by atoms with Crippen LogP contribution in [0.25, 0.3) is 28.1 Å². The van der Waals surface area contributed by atoms with Crippen LogP contribution in [-0.2, 0) is 0 Å². The van der Waals surface area contributed by atoms with Crippen LogP contribution in [0.15, 0.2) is 79.0 Å². The van der Waals surface area contributed by atoms with E-state index in [2.05, 4.69) is 25.5 Å². The predicted molar refractivity (Wildman–Crippen MR) is 141 cm³/mol. The lowest BCUT2D eigenvalue weighted by Crippen LogP contribution is -2.44. The Balaban J connectivity index is 1.23. The van der Waals surface area contributed by atoms with Gasteiger partial charge in [0.25, 0.3) is 5.91 Å². The first kappa shape index (κ1) is 23.7. The maximum absolute atomic E-state index is 14.9. The number of amides is 1. The third-order valence-corrected chi connectivity index (χ3v) is 6.73. The SMILES string of the molecule is CCOc1ccc(-c2nnc(C3CC(NC(=O)c4ccc5ccccc5n4)C3)n2-c2ccccc2F)nc1. The van der Waals surface area contributed by atoms with Crippen molar-refractivity contribution in [3.8, 4) is 23.0 Å². The van der Waals surface area contributed by atoms with E-state index in [9.17, 15) is 9.18 Å². The minimum Gasteiger partial charge on any atom is -0.492 e.